The second-order valence-corrected chi connectivity index (χ2v) is 8.12. The molecule has 0 amide bonds. The SMILES string of the molecule is CSC1(CN2CCCC(NC(C)C)C2)CCCCC1. The summed E-state index contributed by atoms with van der Waals surface area (Å²) in [5.41, 5.74) is 0. The van der Waals surface area contributed by atoms with Crippen molar-refractivity contribution in [1.82, 2.24) is 10.2 Å². The largest absolute Gasteiger partial charge is 0.311 e. The summed E-state index contributed by atoms with van der Waals surface area (Å²) in [5, 5.41) is 3.73. The van der Waals surface area contributed by atoms with Crippen molar-refractivity contribution in [2.75, 3.05) is 25.9 Å². The fourth-order valence-corrected chi connectivity index (χ4v) is 4.85. The standard InChI is InChI=1S/C16H32N2S/c1-14(2)17-15-8-7-11-18(12-15)13-16(19-3)9-5-4-6-10-16/h14-15,17H,4-13H2,1-3H3. The average Bonchev–Trinajstić information content (AvgIpc) is 2.39. The summed E-state index contributed by atoms with van der Waals surface area (Å²) in [6.45, 7) is 8.44. The van der Waals surface area contributed by atoms with Crippen molar-refractivity contribution in [3.63, 3.8) is 0 Å². The third-order valence-electron chi connectivity index (χ3n) is 4.78. The van der Waals surface area contributed by atoms with Gasteiger partial charge in [0, 0.05) is 29.9 Å². The van der Waals surface area contributed by atoms with Gasteiger partial charge in [-0.3, -0.25) is 0 Å². The van der Waals surface area contributed by atoms with Crippen molar-refractivity contribution in [1.29, 1.82) is 0 Å². The van der Waals surface area contributed by atoms with Crippen LogP contribution in [0.15, 0.2) is 0 Å². The summed E-state index contributed by atoms with van der Waals surface area (Å²) in [6, 6.07) is 1.34. The molecular weight excluding hydrogens is 252 g/mol. The van der Waals surface area contributed by atoms with Gasteiger partial charge in [-0.15, -0.1) is 0 Å². The summed E-state index contributed by atoms with van der Waals surface area (Å²) in [4.78, 5) is 2.74. The Morgan fingerprint density at radius 1 is 1.21 bits per heavy atom. The van der Waals surface area contributed by atoms with Gasteiger partial charge in [-0.2, -0.15) is 11.8 Å². The predicted molar refractivity (Wildman–Crippen MR) is 87.1 cm³/mol. The van der Waals surface area contributed by atoms with Crippen LogP contribution in [-0.4, -0.2) is 47.6 Å². The molecular formula is C16H32N2S. The average molecular weight is 285 g/mol. The highest BCUT2D eigenvalue weighted by Gasteiger charge is 2.34. The zero-order chi connectivity index (χ0) is 13.7. The Morgan fingerprint density at radius 2 is 1.95 bits per heavy atom. The Kier molecular flexibility index (Phi) is 6.04. The summed E-state index contributed by atoms with van der Waals surface area (Å²) >= 11 is 2.14. The van der Waals surface area contributed by atoms with Crippen LogP contribution < -0.4 is 5.32 Å². The van der Waals surface area contributed by atoms with E-state index in [2.05, 4.69) is 42.1 Å². The molecule has 1 aliphatic heterocycles. The molecule has 19 heavy (non-hydrogen) atoms. The normalized spacial score (nSPS) is 28.7. The van der Waals surface area contributed by atoms with Crippen LogP contribution in [0.2, 0.25) is 0 Å². The highest BCUT2D eigenvalue weighted by atomic mass is 32.2. The molecule has 2 aliphatic rings. The van der Waals surface area contributed by atoms with Crippen LogP contribution in [0.3, 0.4) is 0 Å². The molecule has 1 unspecified atom stereocenters. The molecule has 1 atom stereocenters. The first-order valence-electron chi connectivity index (χ1n) is 8.17. The molecule has 1 aliphatic carbocycles. The van der Waals surface area contributed by atoms with Crippen LogP contribution in [0.1, 0.15) is 58.8 Å². The quantitative estimate of drug-likeness (QED) is 0.831. The van der Waals surface area contributed by atoms with Crippen LogP contribution in [-0.2, 0) is 0 Å². The number of piperidine rings is 1. The number of rotatable bonds is 5. The Bertz CT molecular complexity index is 261. The molecule has 2 nitrogen and oxygen atoms in total. The molecule has 2 fully saturated rings. The smallest absolute Gasteiger partial charge is 0.0284 e. The van der Waals surface area contributed by atoms with Crippen molar-refractivity contribution in [2.24, 2.45) is 0 Å². The van der Waals surface area contributed by atoms with Crippen LogP contribution in [0.5, 0.6) is 0 Å². The lowest BCUT2D eigenvalue weighted by Gasteiger charge is -2.43. The zero-order valence-electron chi connectivity index (χ0n) is 13.1. The van der Waals surface area contributed by atoms with Crippen molar-refractivity contribution in [3.8, 4) is 0 Å². The van der Waals surface area contributed by atoms with Gasteiger partial charge in [-0.05, 0) is 38.5 Å². The van der Waals surface area contributed by atoms with E-state index in [1.165, 1.54) is 64.6 Å². The molecule has 112 valence electrons. The fourth-order valence-electron chi connectivity index (χ4n) is 3.84. The van der Waals surface area contributed by atoms with Gasteiger partial charge in [0.05, 0.1) is 0 Å². The lowest BCUT2D eigenvalue weighted by Crippen LogP contribution is -2.51. The maximum absolute atomic E-state index is 3.73. The number of hydrogen-bond acceptors (Lipinski definition) is 3. The van der Waals surface area contributed by atoms with E-state index in [0.29, 0.717) is 10.8 Å². The topological polar surface area (TPSA) is 15.3 Å². The Labute approximate surface area is 124 Å². The van der Waals surface area contributed by atoms with Crippen molar-refractivity contribution < 1.29 is 0 Å². The van der Waals surface area contributed by atoms with E-state index in [1.807, 2.05) is 0 Å². The van der Waals surface area contributed by atoms with E-state index in [-0.39, 0.29) is 0 Å². The monoisotopic (exact) mass is 284 g/mol. The highest BCUT2D eigenvalue weighted by molar-refractivity contribution is 8.00. The maximum Gasteiger partial charge on any atom is 0.0284 e. The van der Waals surface area contributed by atoms with E-state index >= 15 is 0 Å². The van der Waals surface area contributed by atoms with Crippen molar-refractivity contribution in [3.05, 3.63) is 0 Å². The zero-order valence-corrected chi connectivity index (χ0v) is 13.9. The van der Waals surface area contributed by atoms with Crippen LogP contribution in [0.4, 0.5) is 0 Å². The number of hydrogen-bond donors (Lipinski definition) is 1. The van der Waals surface area contributed by atoms with Crippen molar-refractivity contribution >= 4 is 11.8 Å². The molecule has 0 aromatic carbocycles. The highest BCUT2D eigenvalue weighted by Crippen LogP contribution is 2.39. The molecule has 1 heterocycles. The summed E-state index contributed by atoms with van der Waals surface area (Å²) in [7, 11) is 0. The first kappa shape index (κ1) is 15.7. The molecule has 0 aromatic heterocycles. The molecule has 0 aromatic rings. The van der Waals surface area contributed by atoms with Gasteiger partial charge < -0.3 is 10.2 Å². The second kappa shape index (κ2) is 7.33. The number of nitrogens with one attached hydrogen (secondary N) is 1. The lowest BCUT2D eigenvalue weighted by molar-refractivity contribution is 0.158. The Hall–Kier alpha value is 0.270. The molecule has 2 rings (SSSR count). The minimum atomic E-state index is 0.567. The van der Waals surface area contributed by atoms with Gasteiger partial charge in [0.25, 0.3) is 0 Å². The number of nitrogens with zero attached hydrogens (tertiary/aromatic N) is 1. The summed E-state index contributed by atoms with van der Waals surface area (Å²) < 4.78 is 0.567. The van der Waals surface area contributed by atoms with E-state index < -0.39 is 0 Å². The third-order valence-corrected chi connectivity index (χ3v) is 6.19. The van der Waals surface area contributed by atoms with Gasteiger partial charge in [-0.25, -0.2) is 0 Å². The molecule has 1 saturated heterocycles. The molecule has 0 spiro atoms. The maximum atomic E-state index is 3.73. The van der Waals surface area contributed by atoms with Crippen LogP contribution in [0, 0.1) is 0 Å². The Balaban J connectivity index is 1.86. The van der Waals surface area contributed by atoms with E-state index in [1.54, 1.807) is 0 Å². The molecule has 3 heteroatoms. The predicted octanol–water partition coefficient (Wildman–Crippen LogP) is 3.51. The fraction of sp³-hybridized carbons (Fsp3) is 1.00. The van der Waals surface area contributed by atoms with E-state index in [9.17, 15) is 0 Å². The molecule has 1 saturated carbocycles. The van der Waals surface area contributed by atoms with Gasteiger partial charge in [0.2, 0.25) is 0 Å². The van der Waals surface area contributed by atoms with Gasteiger partial charge in [-0.1, -0.05) is 33.1 Å². The minimum absolute atomic E-state index is 0.567. The summed E-state index contributed by atoms with van der Waals surface area (Å²) in [5.74, 6) is 0. The van der Waals surface area contributed by atoms with Crippen molar-refractivity contribution in [2.45, 2.75) is 75.6 Å². The number of thioether (sulfide) groups is 1. The van der Waals surface area contributed by atoms with Gasteiger partial charge in [0.15, 0.2) is 0 Å². The third kappa shape index (κ3) is 4.64. The first-order chi connectivity index (χ1) is 9.13. The molecule has 0 radical (unpaired) electrons. The molecule has 0 bridgehead atoms. The number of likely N-dealkylation sites (tertiary alicyclic amines) is 1. The van der Waals surface area contributed by atoms with Gasteiger partial charge in [0.1, 0.15) is 0 Å². The lowest BCUT2D eigenvalue weighted by atomic mass is 9.87. The Morgan fingerprint density at radius 3 is 2.58 bits per heavy atom. The second-order valence-electron chi connectivity index (χ2n) is 6.84. The van der Waals surface area contributed by atoms with E-state index in [0.717, 1.165) is 6.04 Å². The minimum Gasteiger partial charge on any atom is -0.311 e. The van der Waals surface area contributed by atoms with Crippen LogP contribution in [0.25, 0.3) is 0 Å². The van der Waals surface area contributed by atoms with E-state index in [4.69, 9.17) is 0 Å². The first-order valence-corrected chi connectivity index (χ1v) is 9.40. The summed E-state index contributed by atoms with van der Waals surface area (Å²) in [6.07, 6.45) is 12.3. The van der Waals surface area contributed by atoms with Gasteiger partial charge >= 0.3 is 0 Å². The van der Waals surface area contributed by atoms with Crippen LogP contribution >= 0.6 is 11.8 Å². The molecule has 1 N–H and O–H groups in total.